The van der Waals surface area contributed by atoms with Gasteiger partial charge in [0, 0.05) is 37.9 Å². The molecular formula is C27H32N4O4. The molecule has 8 nitrogen and oxygen atoms in total. The molecule has 1 aliphatic rings. The summed E-state index contributed by atoms with van der Waals surface area (Å²) in [5.41, 5.74) is 2.66. The SMILES string of the molecule is CCC(C(=O)N1CCN(c2nccc(-c3cc(OC)c(OC)c(OC)c3)n2)CC1)c1ccccc1. The zero-order valence-corrected chi connectivity index (χ0v) is 20.7. The van der Waals surface area contributed by atoms with Gasteiger partial charge in [0.05, 0.1) is 32.9 Å². The number of ether oxygens (including phenoxy) is 3. The number of hydrogen-bond donors (Lipinski definition) is 0. The fourth-order valence-electron chi connectivity index (χ4n) is 4.48. The van der Waals surface area contributed by atoms with Crippen molar-refractivity contribution >= 4 is 11.9 Å². The summed E-state index contributed by atoms with van der Waals surface area (Å²) in [6.07, 6.45) is 2.53. The Hall–Kier alpha value is -3.81. The zero-order chi connectivity index (χ0) is 24.8. The second-order valence-electron chi connectivity index (χ2n) is 8.34. The number of piperazine rings is 1. The molecule has 35 heavy (non-hydrogen) atoms. The fourth-order valence-corrected chi connectivity index (χ4v) is 4.48. The third-order valence-corrected chi connectivity index (χ3v) is 6.39. The van der Waals surface area contributed by atoms with E-state index in [0.29, 0.717) is 49.4 Å². The molecule has 1 unspecified atom stereocenters. The molecule has 0 radical (unpaired) electrons. The zero-order valence-electron chi connectivity index (χ0n) is 20.7. The first kappa shape index (κ1) is 24.3. The van der Waals surface area contributed by atoms with Gasteiger partial charge in [-0.25, -0.2) is 9.97 Å². The van der Waals surface area contributed by atoms with Gasteiger partial charge in [-0.15, -0.1) is 0 Å². The molecule has 1 atom stereocenters. The van der Waals surface area contributed by atoms with Crippen molar-refractivity contribution in [2.24, 2.45) is 0 Å². The van der Waals surface area contributed by atoms with E-state index in [4.69, 9.17) is 19.2 Å². The van der Waals surface area contributed by atoms with Crippen LogP contribution in [-0.2, 0) is 4.79 Å². The van der Waals surface area contributed by atoms with Crippen LogP contribution in [0.25, 0.3) is 11.3 Å². The van der Waals surface area contributed by atoms with E-state index in [2.05, 4.69) is 16.8 Å². The summed E-state index contributed by atoms with van der Waals surface area (Å²) in [5.74, 6) is 2.39. The highest BCUT2D eigenvalue weighted by Crippen LogP contribution is 2.41. The van der Waals surface area contributed by atoms with Crippen LogP contribution in [0.3, 0.4) is 0 Å². The molecule has 1 aromatic heterocycles. The number of carbonyl (C=O) groups is 1. The maximum Gasteiger partial charge on any atom is 0.230 e. The molecule has 1 amide bonds. The molecule has 8 heteroatoms. The highest BCUT2D eigenvalue weighted by molar-refractivity contribution is 5.84. The summed E-state index contributed by atoms with van der Waals surface area (Å²) in [4.78, 5) is 26.6. The summed E-state index contributed by atoms with van der Waals surface area (Å²) in [6, 6.07) is 15.6. The Morgan fingerprint density at radius 2 is 1.60 bits per heavy atom. The largest absolute Gasteiger partial charge is 0.493 e. The molecular weight excluding hydrogens is 444 g/mol. The molecule has 0 spiro atoms. The first-order chi connectivity index (χ1) is 17.1. The molecule has 0 N–H and O–H groups in total. The number of carbonyl (C=O) groups excluding carboxylic acids is 1. The van der Waals surface area contributed by atoms with E-state index < -0.39 is 0 Å². The quantitative estimate of drug-likeness (QED) is 0.486. The number of rotatable bonds is 8. The van der Waals surface area contributed by atoms with Gasteiger partial charge in [0.1, 0.15) is 0 Å². The molecule has 1 fully saturated rings. The molecule has 1 aliphatic heterocycles. The van der Waals surface area contributed by atoms with Gasteiger partial charge in [0.2, 0.25) is 17.6 Å². The van der Waals surface area contributed by atoms with Crippen molar-refractivity contribution in [2.75, 3.05) is 52.4 Å². The fraction of sp³-hybridized carbons (Fsp3) is 0.370. The highest BCUT2D eigenvalue weighted by Gasteiger charge is 2.28. The third-order valence-electron chi connectivity index (χ3n) is 6.39. The second kappa shape index (κ2) is 11.1. The topological polar surface area (TPSA) is 77.0 Å². The third kappa shape index (κ3) is 5.16. The van der Waals surface area contributed by atoms with Gasteiger partial charge in [-0.1, -0.05) is 37.3 Å². The molecule has 1 saturated heterocycles. The summed E-state index contributed by atoms with van der Waals surface area (Å²) in [5, 5.41) is 0. The van der Waals surface area contributed by atoms with Crippen molar-refractivity contribution < 1.29 is 19.0 Å². The molecule has 0 saturated carbocycles. The molecule has 0 aliphatic carbocycles. The lowest BCUT2D eigenvalue weighted by atomic mass is 9.95. The number of nitrogens with zero attached hydrogens (tertiary/aromatic N) is 4. The van der Waals surface area contributed by atoms with Gasteiger partial charge >= 0.3 is 0 Å². The van der Waals surface area contributed by atoms with Crippen molar-refractivity contribution in [3.63, 3.8) is 0 Å². The van der Waals surface area contributed by atoms with Gasteiger partial charge in [0.25, 0.3) is 0 Å². The molecule has 0 bridgehead atoms. The first-order valence-corrected chi connectivity index (χ1v) is 11.8. The molecule has 3 aromatic rings. The van der Waals surface area contributed by atoms with Crippen LogP contribution in [0.5, 0.6) is 17.2 Å². The Kier molecular flexibility index (Phi) is 7.70. The van der Waals surface area contributed by atoms with Crippen molar-refractivity contribution in [3.8, 4) is 28.5 Å². The van der Waals surface area contributed by atoms with E-state index in [1.54, 1.807) is 27.5 Å². The average molecular weight is 477 g/mol. The van der Waals surface area contributed by atoms with Crippen molar-refractivity contribution in [1.82, 2.24) is 14.9 Å². The molecule has 4 rings (SSSR count). The maximum absolute atomic E-state index is 13.2. The summed E-state index contributed by atoms with van der Waals surface area (Å²) in [6.45, 7) is 4.69. The lowest BCUT2D eigenvalue weighted by Crippen LogP contribution is -2.50. The van der Waals surface area contributed by atoms with Crippen LogP contribution in [0.4, 0.5) is 5.95 Å². The number of methoxy groups -OCH3 is 3. The van der Waals surface area contributed by atoms with E-state index >= 15 is 0 Å². The van der Waals surface area contributed by atoms with Crippen LogP contribution < -0.4 is 19.1 Å². The smallest absolute Gasteiger partial charge is 0.230 e. The van der Waals surface area contributed by atoms with Crippen LogP contribution in [0.2, 0.25) is 0 Å². The summed E-state index contributed by atoms with van der Waals surface area (Å²) in [7, 11) is 4.76. The van der Waals surface area contributed by atoms with E-state index in [1.165, 1.54) is 0 Å². The Bertz CT molecular complexity index is 1120. The van der Waals surface area contributed by atoms with Crippen LogP contribution >= 0.6 is 0 Å². The minimum atomic E-state index is -0.109. The van der Waals surface area contributed by atoms with Crippen LogP contribution in [-0.4, -0.2) is 68.3 Å². The second-order valence-corrected chi connectivity index (χ2v) is 8.34. The van der Waals surface area contributed by atoms with Gasteiger partial charge in [0.15, 0.2) is 11.5 Å². The number of benzene rings is 2. The van der Waals surface area contributed by atoms with Crippen molar-refractivity contribution in [2.45, 2.75) is 19.3 Å². The van der Waals surface area contributed by atoms with Crippen LogP contribution in [0, 0.1) is 0 Å². The Balaban J connectivity index is 1.49. The lowest BCUT2D eigenvalue weighted by molar-refractivity contribution is -0.133. The standard InChI is InChI=1S/C27H32N4O4/c1-5-21(19-9-7-6-8-10-19)26(32)30-13-15-31(16-14-30)27-28-12-11-22(29-27)20-17-23(33-2)25(35-4)24(18-20)34-3/h6-12,17-18,21H,5,13-16H2,1-4H3. The minimum absolute atomic E-state index is 0.109. The Morgan fingerprint density at radius 3 is 2.17 bits per heavy atom. The van der Waals surface area contributed by atoms with Crippen LogP contribution in [0.15, 0.2) is 54.7 Å². The first-order valence-electron chi connectivity index (χ1n) is 11.8. The Labute approximate surface area is 206 Å². The maximum atomic E-state index is 13.2. The molecule has 2 aromatic carbocycles. The van der Waals surface area contributed by atoms with E-state index in [9.17, 15) is 4.79 Å². The number of aromatic nitrogens is 2. The normalized spacial score (nSPS) is 14.4. The average Bonchev–Trinajstić information content (AvgIpc) is 2.93. The molecule has 2 heterocycles. The highest BCUT2D eigenvalue weighted by atomic mass is 16.5. The van der Waals surface area contributed by atoms with Crippen molar-refractivity contribution in [1.29, 1.82) is 0 Å². The van der Waals surface area contributed by atoms with Gasteiger partial charge in [-0.05, 0) is 30.2 Å². The number of anilines is 1. The molecule has 184 valence electrons. The predicted molar refractivity (Wildman–Crippen MR) is 135 cm³/mol. The van der Waals surface area contributed by atoms with Crippen LogP contribution in [0.1, 0.15) is 24.8 Å². The van der Waals surface area contributed by atoms with Gasteiger partial charge in [-0.3, -0.25) is 4.79 Å². The predicted octanol–water partition coefficient (Wildman–Crippen LogP) is 4.01. The van der Waals surface area contributed by atoms with Gasteiger partial charge in [-0.2, -0.15) is 0 Å². The number of hydrogen-bond acceptors (Lipinski definition) is 7. The Morgan fingerprint density at radius 1 is 0.943 bits per heavy atom. The van der Waals surface area contributed by atoms with E-state index in [1.807, 2.05) is 53.4 Å². The lowest BCUT2D eigenvalue weighted by Gasteiger charge is -2.36. The monoisotopic (exact) mass is 476 g/mol. The summed E-state index contributed by atoms with van der Waals surface area (Å²) < 4.78 is 16.4. The van der Waals surface area contributed by atoms with Crippen molar-refractivity contribution in [3.05, 3.63) is 60.3 Å². The summed E-state index contributed by atoms with van der Waals surface area (Å²) >= 11 is 0. The van der Waals surface area contributed by atoms with E-state index in [0.717, 1.165) is 23.2 Å². The minimum Gasteiger partial charge on any atom is -0.493 e. The van der Waals surface area contributed by atoms with Gasteiger partial charge < -0.3 is 24.0 Å². The number of amides is 1. The van der Waals surface area contributed by atoms with E-state index in [-0.39, 0.29) is 11.8 Å².